The van der Waals surface area contributed by atoms with Crippen LogP contribution in [0.15, 0.2) is 24.3 Å². The minimum absolute atomic E-state index is 0.0387. The highest BCUT2D eigenvalue weighted by Gasteiger charge is 2.11. The van der Waals surface area contributed by atoms with Gasteiger partial charge in [0.05, 0.1) is 7.11 Å². The molecule has 18 heavy (non-hydrogen) atoms. The lowest BCUT2D eigenvalue weighted by Crippen LogP contribution is -2.34. The molecule has 0 spiro atoms. The molecule has 96 valence electrons. The number of nitrogens with one attached hydrogen (secondary N) is 1. The van der Waals surface area contributed by atoms with Crippen LogP contribution in [0.3, 0.4) is 0 Å². The van der Waals surface area contributed by atoms with Crippen LogP contribution in [0.5, 0.6) is 5.75 Å². The predicted molar refractivity (Wildman–Crippen MR) is 65.9 cm³/mol. The molecule has 0 aromatic heterocycles. The van der Waals surface area contributed by atoms with Crippen molar-refractivity contribution < 1.29 is 14.3 Å². The van der Waals surface area contributed by atoms with Gasteiger partial charge in [0.2, 0.25) is 0 Å². The molecule has 0 bridgehead atoms. The summed E-state index contributed by atoms with van der Waals surface area (Å²) in [5, 5.41) is 11.4. The van der Waals surface area contributed by atoms with Crippen molar-refractivity contribution >= 4 is 5.97 Å². The summed E-state index contributed by atoms with van der Waals surface area (Å²) in [6, 6.07) is 8.90. The van der Waals surface area contributed by atoms with Gasteiger partial charge >= 0.3 is 5.97 Å². The van der Waals surface area contributed by atoms with Crippen molar-refractivity contribution in [2.45, 2.75) is 19.5 Å². The molecule has 1 aromatic rings. The molecule has 0 fully saturated rings. The first-order chi connectivity index (χ1) is 8.67. The van der Waals surface area contributed by atoms with E-state index in [0.717, 1.165) is 5.56 Å². The minimum Gasteiger partial charge on any atom is -0.479 e. The number of benzene rings is 1. The Morgan fingerprint density at radius 1 is 1.44 bits per heavy atom. The van der Waals surface area contributed by atoms with Gasteiger partial charge in [0.25, 0.3) is 0 Å². The molecule has 1 unspecified atom stereocenters. The van der Waals surface area contributed by atoms with Crippen molar-refractivity contribution in [3.63, 3.8) is 0 Å². The first-order valence-electron chi connectivity index (χ1n) is 5.57. The van der Waals surface area contributed by atoms with Gasteiger partial charge in [-0.1, -0.05) is 12.1 Å². The van der Waals surface area contributed by atoms with E-state index in [1.54, 1.807) is 19.1 Å². The molecule has 5 nitrogen and oxygen atoms in total. The molecule has 1 aromatic carbocycles. The first-order valence-corrected chi connectivity index (χ1v) is 5.57. The summed E-state index contributed by atoms with van der Waals surface area (Å²) in [6.45, 7) is 2.35. The van der Waals surface area contributed by atoms with Crippen LogP contribution in [0.4, 0.5) is 0 Å². The Bertz CT molecular complexity index is 423. The molecule has 0 heterocycles. The van der Waals surface area contributed by atoms with Gasteiger partial charge in [0.1, 0.15) is 17.9 Å². The van der Waals surface area contributed by atoms with Gasteiger partial charge in [-0.3, -0.25) is 4.79 Å². The Morgan fingerprint density at radius 2 is 2.11 bits per heavy atom. The summed E-state index contributed by atoms with van der Waals surface area (Å²) in [7, 11) is 1.36. The van der Waals surface area contributed by atoms with Crippen molar-refractivity contribution in [3.05, 3.63) is 29.8 Å². The van der Waals surface area contributed by atoms with Gasteiger partial charge in [0.15, 0.2) is 6.61 Å². The zero-order valence-corrected chi connectivity index (χ0v) is 10.5. The van der Waals surface area contributed by atoms with Gasteiger partial charge in [-0.25, -0.2) is 0 Å². The Labute approximate surface area is 106 Å². The summed E-state index contributed by atoms with van der Waals surface area (Å²) >= 11 is 0. The summed E-state index contributed by atoms with van der Waals surface area (Å²) in [5.41, 5.74) is 1.02. The molecule has 0 saturated heterocycles. The maximum Gasteiger partial charge on any atom is 0.322 e. The Hall–Kier alpha value is -2.06. The largest absolute Gasteiger partial charge is 0.479 e. The van der Waals surface area contributed by atoms with Crippen LogP contribution < -0.4 is 10.1 Å². The number of nitriles is 1. The smallest absolute Gasteiger partial charge is 0.322 e. The molecule has 0 radical (unpaired) electrons. The predicted octanol–water partition coefficient (Wildman–Crippen LogP) is 1.24. The van der Waals surface area contributed by atoms with E-state index in [-0.39, 0.29) is 18.6 Å². The second-order valence-corrected chi connectivity index (χ2v) is 3.72. The van der Waals surface area contributed by atoms with Crippen molar-refractivity contribution in [2.75, 3.05) is 13.7 Å². The van der Waals surface area contributed by atoms with Crippen LogP contribution >= 0.6 is 0 Å². The molecule has 0 aliphatic carbocycles. The van der Waals surface area contributed by atoms with Gasteiger partial charge in [-0.15, -0.1) is 0 Å². The fraction of sp³-hybridized carbons (Fsp3) is 0.385. The average molecular weight is 248 g/mol. The first kappa shape index (κ1) is 14.0. The third kappa shape index (κ3) is 4.44. The van der Waals surface area contributed by atoms with Crippen LogP contribution in [-0.4, -0.2) is 25.7 Å². The Balaban J connectivity index is 2.44. The minimum atomic E-state index is -0.343. The summed E-state index contributed by atoms with van der Waals surface area (Å²) in [5.74, 6) is 0.366. The van der Waals surface area contributed by atoms with Crippen LogP contribution in [0.25, 0.3) is 0 Å². The number of methoxy groups -OCH3 is 1. The van der Waals surface area contributed by atoms with Crippen LogP contribution in [0, 0.1) is 11.3 Å². The van der Waals surface area contributed by atoms with Crippen LogP contribution in [0.2, 0.25) is 0 Å². The number of esters is 1. The monoisotopic (exact) mass is 248 g/mol. The number of nitrogens with zero attached hydrogens (tertiary/aromatic N) is 1. The topological polar surface area (TPSA) is 71.3 Å². The van der Waals surface area contributed by atoms with Gasteiger partial charge in [0, 0.05) is 6.54 Å². The summed E-state index contributed by atoms with van der Waals surface area (Å²) in [4.78, 5) is 11.2. The van der Waals surface area contributed by atoms with E-state index < -0.39 is 0 Å². The summed E-state index contributed by atoms with van der Waals surface area (Å²) < 4.78 is 9.75. The molecule has 0 aliphatic rings. The van der Waals surface area contributed by atoms with Crippen molar-refractivity contribution in [1.29, 1.82) is 5.26 Å². The number of carbonyl (C=O) groups is 1. The number of ether oxygens (including phenoxy) is 2. The lowest BCUT2D eigenvalue weighted by atomic mass is 10.2. The van der Waals surface area contributed by atoms with Gasteiger partial charge in [-0.05, 0) is 24.6 Å². The standard InChI is InChI=1S/C13H16N2O3/c1-10(13(16)17-2)15-9-11-3-5-12(6-4-11)18-8-7-14/h3-6,10,15H,8-9H2,1-2H3. The maximum atomic E-state index is 11.2. The maximum absolute atomic E-state index is 11.2. The van der Waals surface area contributed by atoms with E-state index in [1.165, 1.54) is 7.11 Å². The molecule has 1 N–H and O–H groups in total. The fourth-order valence-electron chi connectivity index (χ4n) is 1.35. The van der Waals surface area contributed by atoms with E-state index in [2.05, 4.69) is 10.1 Å². The lowest BCUT2D eigenvalue weighted by Gasteiger charge is -2.11. The van der Waals surface area contributed by atoms with E-state index in [0.29, 0.717) is 12.3 Å². The SMILES string of the molecule is COC(=O)C(C)NCc1ccc(OCC#N)cc1. The average Bonchev–Trinajstić information content (AvgIpc) is 2.42. The van der Waals surface area contributed by atoms with E-state index in [9.17, 15) is 4.79 Å². The summed E-state index contributed by atoms with van der Waals surface area (Å²) in [6.07, 6.45) is 0. The Morgan fingerprint density at radius 3 is 2.67 bits per heavy atom. The second-order valence-electron chi connectivity index (χ2n) is 3.72. The molecular weight excluding hydrogens is 232 g/mol. The number of hydrogen-bond donors (Lipinski definition) is 1. The number of hydrogen-bond acceptors (Lipinski definition) is 5. The fourth-order valence-corrected chi connectivity index (χ4v) is 1.35. The molecule has 0 aliphatic heterocycles. The zero-order chi connectivity index (χ0) is 13.4. The zero-order valence-electron chi connectivity index (χ0n) is 10.5. The molecule has 1 rings (SSSR count). The Kier molecular flexibility index (Phi) is 5.68. The molecule has 5 heteroatoms. The van der Waals surface area contributed by atoms with Crippen molar-refractivity contribution in [3.8, 4) is 11.8 Å². The van der Waals surface area contributed by atoms with E-state index in [4.69, 9.17) is 10.00 Å². The quantitative estimate of drug-likeness (QED) is 0.767. The number of rotatable bonds is 6. The van der Waals surface area contributed by atoms with Crippen LogP contribution in [-0.2, 0) is 16.1 Å². The third-order valence-electron chi connectivity index (χ3n) is 2.39. The normalized spacial score (nSPS) is 11.4. The van der Waals surface area contributed by atoms with Crippen molar-refractivity contribution in [2.24, 2.45) is 0 Å². The number of carbonyl (C=O) groups excluding carboxylic acids is 1. The van der Waals surface area contributed by atoms with Crippen molar-refractivity contribution in [1.82, 2.24) is 5.32 Å². The van der Waals surface area contributed by atoms with Gasteiger partial charge in [-0.2, -0.15) is 5.26 Å². The van der Waals surface area contributed by atoms with E-state index >= 15 is 0 Å². The second kappa shape index (κ2) is 7.30. The van der Waals surface area contributed by atoms with Gasteiger partial charge < -0.3 is 14.8 Å². The molecule has 1 atom stereocenters. The molecule has 0 amide bonds. The highest BCUT2D eigenvalue weighted by atomic mass is 16.5. The lowest BCUT2D eigenvalue weighted by molar-refractivity contribution is -0.142. The highest BCUT2D eigenvalue weighted by Crippen LogP contribution is 2.11. The third-order valence-corrected chi connectivity index (χ3v) is 2.39. The van der Waals surface area contributed by atoms with E-state index in [1.807, 2.05) is 18.2 Å². The highest BCUT2D eigenvalue weighted by molar-refractivity contribution is 5.75. The molecule has 0 saturated carbocycles. The molecular formula is C13H16N2O3. The van der Waals surface area contributed by atoms with Crippen LogP contribution in [0.1, 0.15) is 12.5 Å².